The largest absolute Gasteiger partial charge is 0.470 e. The Bertz CT molecular complexity index is 1180. The van der Waals surface area contributed by atoms with Gasteiger partial charge in [0.05, 0.1) is 0 Å². The fourth-order valence-electron chi connectivity index (χ4n) is 5.33. The number of benzene rings is 1. The highest BCUT2D eigenvalue weighted by atomic mass is 19.4. The standard InChI is InChI=1S/C14H17N3O3.C13H23NO.C2H2F3NO.C2H6/c1-8-2-3-11-9(4-8)5-10(14(20)17-11)6-12(13(15)19)16-7-18;1-12(2,3)6-11(15)14-7-9-10(8-14)13(9,4)5;3-2(4,5)1(6)7;1-2/h2-4,7,10,12H,5-6H2,1H3,(H2,15,19)(H,16,18)(H,17,20);9-10H,6-8H2,1-5H3;(H2,6,7);1-2H3. The van der Waals surface area contributed by atoms with Crippen molar-refractivity contribution < 1.29 is 37.1 Å². The molecule has 3 aliphatic rings. The quantitative estimate of drug-likeness (QED) is 0.353. The minimum Gasteiger partial charge on any atom is -0.368 e. The molecule has 2 aliphatic heterocycles. The van der Waals surface area contributed by atoms with Crippen LogP contribution < -0.4 is 22.1 Å². The third kappa shape index (κ3) is 11.1. The molecule has 44 heavy (non-hydrogen) atoms. The van der Waals surface area contributed by atoms with Crippen molar-refractivity contribution in [2.75, 3.05) is 18.4 Å². The highest BCUT2D eigenvalue weighted by Gasteiger charge is 2.62. The normalized spacial score (nSPS) is 21.6. The second-order valence-electron chi connectivity index (χ2n) is 13.0. The van der Waals surface area contributed by atoms with Gasteiger partial charge < -0.3 is 27.0 Å². The molecule has 4 atom stereocenters. The van der Waals surface area contributed by atoms with Gasteiger partial charge in [-0.3, -0.25) is 24.0 Å². The van der Waals surface area contributed by atoms with Crippen molar-refractivity contribution in [1.29, 1.82) is 0 Å². The lowest BCUT2D eigenvalue weighted by Crippen LogP contribution is -2.44. The summed E-state index contributed by atoms with van der Waals surface area (Å²) in [7, 11) is 0. The molecule has 0 spiro atoms. The van der Waals surface area contributed by atoms with E-state index in [0.29, 0.717) is 30.6 Å². The Balaban J connectivity index is 0.000000355. The molecular weight excluding hydrogens is 579 g/mol. The first-order valence-corrected chi connectivity index (χ1v) is 14.7. The van der Waals surface area contributed by atoms with Crippen LogP contribution in [0.15, 0.2) is 18.2 Å². The number of carbonyl (C=O) groups is 5. The number of aryl methyl sites for hydroxylation is 1. The second kappa shape index (κ2) is 15.4. The maximum atomic E-state index is 12.0. The summed E-state index contributed by atoms with van der Waals surface area (Å²) in [6, 6.07) is 4.98. The number of hydrogen-bond donors (Lipinski definition) is 4. The number of halogens is 3. The Kier molecular flexibility index (Phi) is 13.4. The molecule has 1 aromatic carbocycles. The maximum Gasteiger partial charge on any atom is 0.470 e. The molecule has 0 radical (unpaired) electrons. The summed E-state index contributed by atoms with van der Waals surface area (Å²) in [5.41, 5.74) is 12.6. The average molecular weight is 628 g/mol. The Hall–Kier alpha value is -3.64. The van der Waals surface area contributed by atoms with Crippen LogP contribution in [0.25, 0.3) is 0 Å². The Morgan fingerprint density at radius 2 is 1.64 bits per heavy atom. The van der Waals surface area contributed by atoms with E-state index in [0.717, 1.165) is 41.7 Å². The number of hydrogen-bond acceptors (Lipinski definition) is 5. The van der Waals surface area contributed by atoms with Gasteiger partial charge >= 0.3 is 12.1 Å². The lowest BCUT2D eigenvalue weighted by Gasteiger charge is -2.27. The molecule has 1 aliphatic carbocycles. The van der Waals surface area contributed by atoms with Gasteiger partial charge in [-0.1, -0.05) is 66.2 Å². The Labute approximate surface area is 257 Å². The molecule has 0 aromatic heterocycles. The number of primary amides is 2. The van der Waals surface area contributed by atoms with E-state index >= 15 is 0 Å². The third-order valence-corrected chi connectivity index (χ3v) is 7.92. The lowest BCUT2D eigenvalue weighted by atomic mass is 9.87. The topological polar surface area (TPSA) is 165 Å². The molecule has 5 amide bonds. The SMILES string of the molecule is CC.CC(C)(C)CC(=O)N1CC2C(C1)C2(C)C.Cc1ccc2c(c1)CC(CC(NC=O)C(N)=O)C(=O)N2.NC(=O)C(F)(F)F. The van der Waals surface area contributed by atoms with Crippen LogP contribution >= 0.6 is 0 Å². The van der Waals surface area contributed by atoms with Gasteiger partial charge in [0.25, 0.3) is 0 Å². The van der Waals surface area contributed by atoms with Crippen LogP contribution in [0.5, 0.6) is 0 Å². The van der Waals surface area contributed by atoms with Gasteiger partial charge in [-0.15, -0.1) is 0 Å². The Morgan fingerprint density at radius 3 is 2.07 bits per heavy atom. The number of alkyl halides is 3. The zero-order valence-corrected chi connectivity index (χ0v) is 26.9. The van der Waals surface area contributed by atoms with Gasteiger partial charge in [0, 0.05) is 31.1 Å². The predicted molar refractivity (Wildman–Crippen MR) is 162 cm³/mol. The summed E-state index contributed by atoms with van der Waals surface area (Å²) in [5, 5.41) is 5.17. The number of piperidine rings is 1. The minimum absolute atomic E-state index is 0.124. The molecule has 248 valence electrons. The van der Waals surface area contributed by atoms with Crippen LogP contribution in [0.1, 0.15) is 72.4 Å². The molecule has 2 heterocycles. The maximum absolute atomic E-state index is 12.0. The summed E-state index contributed by atoms with van der Waals surface area (Å²) in [5.74, 6) is -1.52. The molecule has 13 heteroatoms. The van der Waals surface area contributed by atoms with E-state index in [2.05, 4.69) is 55.9 Å². The minimum atomic E-state index is -4.86. The van der Waals surface area contributed by atoms with E-state index in [4.69, 9.17) is 10.5 Å². The first-order valence-electron chi connectivity index (χ1n) is 14.7. The molecule has 1 saturated heterocycles. The van der Waals surface area contributed by atoms with Crippen LogP contribution in [0, 0.1) is 35.5 Å². The van der Waals surface area contributed by atoms with Crippen molar-refractivity contribution in [2.45, 2.75) is 86.9 Å². The number of fused-ring (bicyclic) bond motifs is 2. The van der Waals surface area contributed by atoms with Crippen LogP contribution in [-0.2, 0) is 30.4 Å². The van der Waals surface area contributed by atoms with Crippen LogP contribution in [0.4, 0.5) is 18.9 Å². The van der Waals surface area contributed by atoms with Gasteiger partial charge in [0.15, 0.2) is 0 Å². The van der Waals surface area contributed by atoms with E-state index in [-0.39, 0.29) is 23.7 Å². The van der Waals surface area contributed by atoms with Gasteiger partial charge in [-0.25, -0.2) is 0 Å². The van der Waals surface area contributed by atoms with Crippen LogP contribution in [-0.4, -0.2) is 60.2 Å². The van der Waals surface area contributed by atoms with E-state index in [1.807, 2.05) is 39.0 Å². The number of carbonyl (C=O) groups excluding carboxylic acids is 5. The Morgan fingerprint density at radius 1 is 1.11 bits per heavy atom. The highest BCUT2D eigenvalue weighted by Crippen LogP contribution is 2.62. The monoisotopic (exact) mass is 627 g/mol. The summed E-state index contributed by atoms with van der Waals surface area (Å²) in [4.78, 5) is 56.9. The van der Waals surface area contributed by atoms with Crippen molar-refractivity contribution >= 4 is 35.7 Å². The number of nitrogens with two attached hydrogens (primary N) is 2. The number of rotatable bonds is 6. The molecule has 4 unspecified atom stereocenters. The number of likely N-dealkylation sites (tertiary alicyclic amines) is 1. The van der Waals surface area contributed by atoms with Crippen molar-refractivity contribution in [3.8, 4) is 0 Å². The van der Waals surface area contributed by atoms with E-state index in [1.54, 1.807) is 0 Å². The van der Waals surface area contributed by atoms with E-state index < -0.39 is 24.0 Å². The summed E-state index contributed by atoms with van der Waals surface area (Å²) in [6.07, 6.45) is -3.01. The van der Waals surface area contributed by atoms with Gasteiger partial charge in [0.2, 0.25) is 24.1 Å². The fourth-order valence-corrected chi connectivity index (χ4v) is 5.33. The first kappa shape index (κ1) is 38.4. The van der Waals surface area contributed by atoms with Crippen molar-refractivity contribution in [2.24, 2.45) is 40.1 Å². The number of anilines is 1. The molecule has 1 saturated carbocycles. The lowest BCUT2D eigenvalue weighted by molar-refractivity contribution is -0.169. The molecule has 1 aromatic rings. The third-order valence-electron chi connectivity index (χ3n) is 7.92. The first-order chi connectivity index (χ1) is 20.2. The second-order valence-corrected chi connectivity index (χ2v) is 13.0. The van der Waals surface area contributed by atoms with Crippen LogP contribution in [0.2, 0.25) is 0 Å². The summed E-state index contributed by atoms with van der Waals surface area (Å²) < 4.78 is 32.1. The summed E-state index contributed by atoms with van der Waals surface area (Å²) in [6.45, 7) is 19.0. The smallest absolute Gasteiger partial charge is 0.368 e. The van der Waals surface area contributed by atoms with E-state index in [9.17, 15) is 32.3 Å². The van der Waals surface area contributed by atoms with Gasteiger partial charge in [-0.2, -0.15) is 13.2 Å². The number of amides is 5. The number of nitrogens with zero attached hydrogens (tertiary/aromatic N) is 1. The fraction of sp³-hybridized carbons (Fsp3) is 0.645. The molecule has 2 fully saturated rings. The van der Waals surface area contributed by atoms with Gasteiger partial charge in [0.1, 0.15) is 6.04 Å². The zero-order valence-electron chi connectivity index (χ0n) is 26.9. The molecule has 4 rings (SSSR count). The average Bonchev–Trinajstić information content (AvgIpc) is 3.21. The number of nitrogens with one attached hydrogen (secondary N) is 2. The predicted octanol–water partition coefficient (Wildman–Crippen LogP) is 3.69. The van der Waals surface area contributed by atoms with Crippen molar-refractivity contribution in [3.63, 3.8) is 0 Å². The highest BCUT2D eigenvalue weighted by molar-refractivity contribution is 5.96. The van der Waals surface area contributed by atoms with Crippen LogP contribution in [0.3, 0.4) is 0 Å². The van der Waals surface area contributed by atoms with Crippen molar-refractivity contribution in [1.82, 2.24) is 10.2 Å². The van der Waals surface area contributed by atoms with E-state index in [1.165, 1.54) is 0 Å². The molecule has 10 nitrogen and oxygen atoms in total. The molecule has 6 N–H and O–H groups in total. The molecule has 0 bridgehead atoms. The van der Waals surface area contributed by atoms with Crippen molar-refractivity contribution in [3.05, 3.63) is 29.3 Å². The summed E-state index contributed by atoms with van der Waals surface area (Å²) >= 11 is 0. The van der Waals surface area contributed by atoms with Gasteiger partial charge in [-0.05, 0) is 54.1 Å². The zero-order chi connectivity index (χ0) is 34.2. The molecular formula is C31H48F3N5O5.